The maximum absolute atomic E-state index is 12.1. The van der Waals surface area contributed by atoms with Crippen molar-refractivity contribution in [2.45, 2.75) is 19.1 Å². The first kappa shape index (κ1) is 17.9. The van der Waals surface area contributed by atoms with Crippen LogP contribution in [0.1, 0.15) is 16.8 Å². The van der Waals surface area contributed by atoms with Crippen LogP contribution >= 0.6 is 0 Å². The second kappa shape index (κ2) is 6.94. The molecule has 0 radical (unpaired) electrons. The van der Waals surface area contributed by atoms with Gasteiger partial charge in [0.2, 0.25) is 0 Å². The zero-order valence-electron chi connectivity index (χ0n) is 15.4. The molecule has 7 heteroatoms. The fraction of sp³-hybridized carbons (Fsp3) is 0.190. The van der Waals surface area contributed by atoms with Crippen molar-refractivity contribution in [1.82, 2.24) is 15.6 Å². The van der Waals surface area contributed by atoms with Crippen molar-refractivity contribution < 1.29 is 14.3 Å². The number of amides is 3. The van der Waals surface area contributed by atoms with Crippen LogP contribution in [-0.4, -0.2) is 23.5 Å². The van der Waals surface area contributed by atoms with Crippen molar-refractivity contribution >= 4 is 22.8 Å². The van der Waals surface area contributed by atoms with E-state index in [1.807, 2.05) is 37.3 Å². The fourth-order valence-corrected chi connectivity index (χ4v) is 3.32. The Morgan fingerprint density at radius 2 is 1.89 bits per heavy atom. The van der Waals surface area contributed by atoms with Crippen molar-refractivity contribution in [1.29, 1.82) is 0 Å². The van der Waals surface area contributed by atoms with Gasteiger partial charge in [0.25, 0.3) is 5.91 Å². The molecule has 3 aromatic rings. The number of hydrogen-bond acceptors (Lipinski definition) is 5. The number of para-hydroxylation sites is 1. The number of imide groups is 1. The van der Waals surface area contributed by atoms with E-state index in [4.69, 9.17) is 10.5 Å². The number of ether oxygens (including phenoxy) is 1. The Morgan fingerprint density at radius 1 is 1.14 bits per heavy atom. The molecule has 0 aliphatic carbocycles. The number of nitrogens with two attached hydrogens (primary N) is 1. The summed E-state index contributed by atoms with van der Waals surface area (Å²) in [7, 11) is 0. The lowest BCUT2D eigenvalue weighted by Gasteiger charge is -2.32. The van der Waals surface area contributed by atoms with E-state index in [9.17, 15) is 9.59 Å². The normalized spacial score (nSPS) is 19.2. The molecule has 1 atom stereocenters. The number of carbonyl (C=O) groups excluding carboxylic acids is 2. The summed E-state index contributed by atoms with van der Waals surface area (Å²) < 4.78 is 5.94. The number of urea groups is 1. The van der Waals surface area contributed by atoms with E-state index in [2.05, 4.69) is 15.6 Å². The van der Waals surface area contributed by atoms with E-state index in [1.54, 1.807) is 24.3 Å². The number of nitrogens with one attached hydrogen (secondary N) is 2. The number of pyridine rings is 1. The van der Waals surface area contributed by atoms with Gasteiger partial charge in [0.05, 0.1) is 12.1 Å². The topological polar surface area (TPSA) is 106 Å². The minimum absolute atomic E-state index is 0.0418. The third-order valence-corrected chi connectivity index (χ3v) is 4.85. The Bertz CT molecular complexity index is 1060. The predicted octanol–water partition coefficient (Wildman–Crippen LogP) is 2.12. The lowest BCUT2D eigenvalue weighted by molar-refractivity contribution is -0.126. The van der Waals surface area contributed by atoms with Gasteiger partial charge in [0, 0.05) is 16.6 Å². The van der Waals surface area contributed by atoms with Crippen LogP contribution in [0.15, 0.2) is 54.6 Å². The average Bonchev–Trinajstić information content (AvgIpc) is 2.69. The Kier molecular flexibility index (Phi) is 4.44. The van der Waals surface area contributed by atoms with Gasteiger partial charge in [-0.15, -0.1) is 0 Å². The molecule has 1 aliphatic rings. The largest absolute Gasteiger partial charge is 0.489 e. The number of aryl methyl sites for hydroxylation is 1. The van der Waals surface area contributed by atoms with Crippen LogP contribution in [0.5, 0.6) is 5.75 Å². The zero-order valence-corrected chi connectivity index (χ0v) is 15.4. The second-order valence-electron chi connectivity index (χ2n) is 6.86. The van der Waals surface area contributed by atoms with Gasteiger partial charge in [-0.2, -0.15) is 0 Å². The molecule has 3 amide bonds. The van der Waals surface area contributed by atoms with Crippen molar-refractivity contribution in [3.63, 3.8) is 0 Å². The van der Waals surface area contributed by atoms with Gasteiger partial charge in [-0.05, 0) is 36.8 Å². The van der Waals surface area contributed by atoms with E-state index in [0.717, 1.165) is 22.2 Å². The van der Waals surface area contributed by atoms with Gasteiger partial charge in [-0.25, -0.2) is 4.79 Å². The number of benzene rings is 2. The maximum Gasteiger partial charge on any atom is 0.321 e. The van der Waals surface area contributed by atoms with Crippen molar-refractivity contribution in [3.05, 3.63) is 71.4 Å². The molecule has 1 fully saturated rings. The Balaban J connectivity index is 1.52. The highest BCUT2D eigenvalue weighted by Crippen LogP contribution is 2.24. The summed E-state index contributed by atoms with van der Waals surface area (Å²) in [5.41, 5.74) is 8.43. The van der Waals surface area contributed by atoms with Crippen molar-refractivity contribution in [2.75, 3.05) is 6.54 Å². The van der Waals surface area contributed by atoms with Gasteiger partial charge in [-0.3, -0.25) is 15.1 Å². The predicted molar refractivity (Wildman–Crippen MR) is 105 cm³/mol. The molecule has 0 saturated carbocycles. The highest BCUT2D eigenvalue weighted by molar-refractivity contribution is 6.02. The van der Waals surface area contributed by atoms with Gasteiger partial charge < -0.3 is 15.8 Å². The van der Waals surface area contributed by atoms with E-state index < -0.39 is 17.5 Å². The quantitative estimate of drug-likeness (QED) is 0.647. The molecule has 1 aliphatic heterocycles. The lowest BCUT2D eigenvalue weighted by atomic mass is 9.88. The highest BCUT2D eigenvalue weighted by atomic mass is 16.5. The van der Waals surface area contributed by atoms with Crippen LogP contribution < -0.4 is 21.1 Å². The molecule has 4 rings (SSSR count). The smallest absolute Gasteiger partial charge is 0.321 e. The first-order chi connectivity index (χ1) is 13.5. The third-order valence-electron chi connectivity index (χ3n) is 4.85. The number of hydrogen-bond donors (Lipinski definition) is 3. The van der Waals surface area contributed by atoms with Crippen LogP contribution in [0.2, 0.25) is 0 Å². The number of rotatable bonds is 4. The van der Waals surface area contributed by atoms with Crippen molar-refractivity contribution in [3.8, 4) is 5.75 Å². The summed E-state index contributed by atoms with van der Waals surface area (Å²) >= 11 is 0. The fourth-order valence-electron chi connectivity index (χ4n) is 3.32. The van der Waals surface area contributed by atoms with E-state index in [-0.39, 0.29) is 6.54 Å². The monoisotopic (exact) mass is 376 g/mol. The van der Waals surface area contributed by atoms with Gasteiger partial charge in [-0.1, -0.05) is 30.3 Å². The first-order valence-electron chi connectivity index (χ1n) is 8.92. The number of fused-ring (bicyclic) bond motifs is 1. The van der Waals surface area contributed by atoms with Crippen LogP contribution in [0.3, 0.4) is 0 Å². The minimum atomic E-state index is -1.30. The van der Waals surface area contributed by atoms with Crippen LogP contribution in [0, 0.1) is 6.92 Å². The standard InChI is InChI=1S/C21H20N4O3/c1-13-10-14(17-4-2-3-5-18(17)24-13)11-28-16-8-6-15(7-9-16)21(22)12-23-20(27)25-19(21)26/h2-10H,11-12,22H2,1H3,(H2,23,25,26,27)/t21-/m1/s1. The zero-order chi connectivity index (χ0) is 19.7. The molecule has 4 N–H and O–H groups in total. The van der Waals surface area contributed by atoms with E-state index in [1.165, 1.54) is 0 Å². The molecule has 1 aromatic heterocycles. The maximum atomic E-state index is 12.1. The molecular weight excluding hydrogens is 356 g/mol. The summed E-state index contributed by atoms with van der Waals surface area (Å²) in [4.78, 5) is 27.9. The molecule has 7 nitrogen and oxygen atoms in total. The number of aromatic nitrogens is 1. The summed E-state index contributed by atoms with van der Waals surface area (Å²) in [6, 6.07) is 16.4. The molecule has 142 valence electrons. The van der Waals surface area contributed by atoms with Gasteiger partial charge >= 0.3 is 6.03 Å². The number of nitrogens with zero attached hydrogens (tertiary/aromatic N) is 1. The molecular formula is C21H20N4O3. The van der Waals surface area contributed by atoms with Crippen molar-refractivity contribution in [2.24, 2.45) is 5.73 Å². The van der Waals surface area contributed by atoms with E-state index >= 15 is 0 Å². The van der Waals surface area contributed by atoms with Gasteiger partial charge in [0.15, 0.2) is 0 Å². The lowest BCUT2D eigenvalue weighted by Crippen LogP contribution is -2.65. The highest BCUT2D eigenvalue weighted by Gasteiger charge is 2.40. The Labute approximate surface area is 161 Å². The molecule has 2 aromatic carbocycles. The van der Waals surface area contributed by atoms with Crippen LogP contribution in [0.25, 0.3) is 10.9 Å². The summed E-state index contributed by atoms with van der Waals surface area (Å²) in [5.74, 6) is 0.134. The summed E-state index contributed by atoms with van der Waals surface area (Å²) in [5, 5.41) is 5.81. The second-order valence-corrected chi connectivity index (χ2v) is 6.86. The molecule has 0 unspecified atom stereocenters. The summed E-state index contributed by atoms with van der Waals surface area (Å²) in [6.45, 7) is 2.40. The van der Waals surface area contributed by atoms with E-state index in [0.29, 0.717) is 17.9 Å². The first-order valence-corrected chi connectivity index (χ1v) is 8.92. The SMILES string of the molecule is Cc1cc(COc2ccc([C@]3(N)CNC(=O)NC3=O)cc2)c2ccccc2n1. The third kappa shape index (κ3) is 3.27. The Hall–Kier alpha value is -3.45. The molecule has 0 spiro atoms. The van der Waals surface area contributed by atoms with Gasteiger partial charge in [0.1, 0.15) is 17.9 Å². The minimum Gasteiger partial charge on any atom is -0.489 e. The molecule has 1 saturated heterocycles. The molecule has 28 heavy (non-hydrogen) atoms. The number of carbonyl (C=O) groups is 2. The van der Waals surface area contributed by atoms with Crippen LogP contribution in [-0.2, 0) is 16.9 Å². The van der Waals surface area contributed by atoms with Crippen LogP contribution in [0.4, 0.5) is 4.79 Å². The summed E-state index contributed by atoms with van der Waals surface area (Å²) in [6.07, 6.45) is 0. The average molecular weight is 376 g/mol. The molecule has 0 bridgehead atoms. The molecule has 2 heterocycles. The Morgan fingerprint density at radius 3 is 2.64 bits per heavy atom.